The van der Waals surface area contributed by atoms with Crippen LogP contribution in [0.1, 0.15) is 45.6 Å². The first-order chi connectivity index (χ1) is 8.52. The molecule has 18 heavy (non-hydrogen) atoms. The average Bonchev–Trinajstić information content (AvgIpc) is 2.31. The van der Waals surface area contributed by atoms with Gasteiger partial charge in [0, 0.05) is 6.04 Å². The number of nitriles is 1. The molecular formula is C15H21ClN2. The van der Waals surface area contributed by atoms with Gasteiger partial charge in [0.05, 0.1) is 22.3 Å². The monoisotopic (exact) mass is 264 g/mol. The number of benzene rings is 1. The average molecular weight is 265 g/mol. The molecule has 2 nitrogen and oxygen atoms in total. The fourth-order valence-corrected chi connectivity index (χ4v) is 2.11. The number of nitrogens with zero attached hydrogens (tertiary/aromatic N) is 1. The summed E-state index contributed by atoms with van der Waals surface area (Å²) < 4.78 is 0. The van der Waals surface area contributed by atoms with E-state index < -0.39 is 0 Å². The Bertz CT molecular complexity index is 421. The molecule has 0 aliphatic heterocycles. The fourth-order valence-electron chi connectivity index (χ4n) is 1.87. The van der Waals surface area contributed by atoms with Gasteiger partial charge in [0.1, 0.15) is 0 Å². The molecule has 0 saturated carbocycles. The molecule has 1 rings (SSSR count). The van der Waals surface area contributed by atoms with E-state index in [1.165, 1.54) is 12.8 Å². The number of hydrogen-bond donors (Lipinski definition) is 1. The second kappa shape index (κ2) is 7.28. The van der Waals surface area contributed by atoms with Gasteiger partial charge in [-0.25, -0.2) is 0 Å². The van der Waals surface area contributed by atoms with Crippen molar-refractivity contribution < 1.29 is 0 Å². The first-order valence-electron chi connectivity index (χ1n) is 6.49. The van der Waals surface area contributed by atoms with Crippen LogP contribution >= 0.6 is 11.6 Å². The number of nitrogens with one attached hydrogen (secondary N) is 1. The summed E-state index contributed by atoms with van der Waals surface area (Å²) in [5.74, 6) is 0.760. The maximum Gasteiger partial charge on any atom is 0.0992 e. The standard InChI is InChI=1S/C15H21ClN2/c1-11(2)5-4-6-12(3)18-15-8-7-13(10-17)9-14(15)16/h7-9,11-12,18H,4-6H2,1-3H3. The van der Waals surface area contributed by atoms with Crippen LogP contribution in [0.3, 0.4) is 0 Å². The highest BCUT2D eigenvalue weighted by Gasteiger charge is 2.06. The molecule has 0 amide bonds. The third kappa shape index (κ3) is 4.98. The summed E-state index contributed by atoms with van der Waals surface area (Å²) in [6.45, 7) is 6.65. The van der Waals surface area contributed by atoms with Gasteiger partial charge in [0.2, 0.25) is 0 Å². The highest BCUT2D eigenvalue weighted by molar-refractivity contribution is 6.33. The van der Waals surface area contributed by atoms with Gasteiger partial charge in [-0.1, -0.05) is 38.3 Å². The molecule has 0 bridgehead atoms. The normalized spacial score (nSPS) is 12.2. The van der Waals surface area contributed by atoms with Crippen molar-refractivity contribution in [3.63, 3.8) is 0 Å². The minimum Gasteiger partial charge on any atom is -0.381 e. The second-order valence-corrected chi connectivity index (χ2v) is 5.58. The van der Waals surface area contributed by atoms with Crippen molar-refractivity contribution in [3.8, 4) is 6.07 Å². The number of halogens is 1. The molecule has 98 valence electrons. The first kappa shape index (κ1) is 14.9. The van der Waals surface area contributed by atoms with Crippen LogP contribution in [0.25, 0.3) is 0 Å². The molecule has 0 aliphatic rings. The van der Waals surface area contributed by atoms with Crippen molar-refractivity contribution in [1.82, 2.24) is 0 Å². The van der Waals surface area contributed by atoms with E-state index in [1.54, 1.807) is 12.1 Å². The molecule has 0 spiro atoms. The SMILES string of the molecule is CC(C)CCCC(C)Nc1ccc(C#N)cc1Cl. The highest BCUT2D eigenvalue weighted by Crippen LogP contribution is 2.24. The van der Waals surface area contributed by atoms with Crippen molar-refractivity contribution >= 4 is 17.3 Å². The zero-order chi connectivity index (χ0) is 13.5. The van der Waals surface area contributed by atoms with E-state index in [0.29, 0.717) is 16.6 Å². The molecule has 0 heterocycles. The third-order valence-electron chi connectivity index (χ3n) is 2.92. The van der Waals surface area contributed by atoms with Crippen molar-refractivity contribution in [1.29, 1.82) is 5.26 Å². The Morgan fingerprint density at radius 3 is 2.56 bits per heavy atom. The van der Waals surface area contributed by atoms with E-state index in [4.69, 9.17) is 16.9 Å². The number of rotatable bonds is 6. The van der Waals surface area contributed by atoms with Gasteiger partial charge in [-0.3, -0.25) is 0 Å². The largest absolute Gasteiger partial charge is 0.381 e. The maximum atomic E-state index is 8.77. The summed E-state index contributed by atoms with van der Waals surface area (Å²) in [6, 6.07) is 7.84. The molecule has 0 aromatic heterocycles. The predicted molar refractivity (Wildman–Crippen MR) is 77.9 cm³/mol. The summed E-state index contributed by atoms with van der Waals surface area (Å²) >= 11 is 6.12. The lowest BCUT2D eigenvalue weighted by atomic mass is 10.0. The van der Waals surface area contributed by atoms with E-state index in [2.05, 4.69) is 32.2 Å². The maximum absolute atomic E-state index is 8.77. The Morgan fingerprint density at radius 2 is 2.00 bits per heavy atom. The molecular weight excluding hydrogens is 244 g/mol. The van der Waals surface area contributed by atoms with Crippen LogP contribution < -0.4 is 5.32 Å². The fraction of sp³-hybridized carbons (Fsp3) is 0.533. The minimum absolute atomic E-state index is 0.397. The van der Waals surface area contributed by atoms with Crippen LogP contribution in [-0.2, 0) is 0 Å². The van der Waals surface area contributed by atoms with Crippen LogP contribution in [0, 0.1) is 17.2 Å². The summed E-state index contributed by atoms with van der Waals surface area (Å²) in [4.78, 5) is 0. The van der Waals surface area contributed by atoms with E-state index >= 15 is 0 Å². The lowest BCUT2D eigenvalue weighted by Crippen LogP contribution is -2.15. The second-order valence-electron chi connectivity index (χ2n) is 5.18. The zero-order valence-electron chi connectivity index (χ0n) is 11.3. The molecule has 0 saturated heterocycles. The summed E-state index contributed by atoms with van der Waals surface area (Å²) in [5.41, 5.74) is 1.51. The van der Waals surface area contributed by atoms with Gasteiger partial charge in [-0.15, -0.1) is 0 Å². The number of hydrogen-bond acceptors (Lipinski definition) is 2. The predicted octanol–water partition coefficient (Wildman–Crippen LogP) is 4.84. The third-order valence-corrected chi connectivity index (χ3v) is 3.23. The Balaban J connectivity index is 2.49. The molecule has 1 N–H and O–H groups in total. The lowest BCUT2D eigenvalue weighted by Gasteiger charge is -2.16. The summed E-state index contributed by atoms with van der Waals surface area (Å²) in [6.07, 6.45) is 3.61. The Kier molecular flexibility index (Phi) is 6.01. The quantitative estimate of drug-likeness (QED) is 0.798. The Labute approximate surface area is 115 Å². The molecule has 1 unspecified atom stereocenters. The van der Waals surface area contributed by atoms with Crippen molar-refractivity contribution in [3.05, 3.63) is 28.8 Å². The molecule has 0 radical (unpaired) electrons. The molecule has 0 aliphatic carbocycles. The van der Waals surface area contributed by atoms with Gasteiger partial charge in [-0.2, -0.15) is 5.26 Å². The van der Waals surface area contributed by atoms with Crippen molar-refractivity contribution in [2.45, 2.75) is 46.1 Å². The van der Waals surface area contributed by atoms with Crippen LogP contribution in [0.5, 0.6) is 0 Å². The van der Waals surface area contributed by atoms with Gasteiger partial charge >= 0.3 is 0 Å². The van der Waals surface area contributed by atoms with E-state index in [0.717, 1.165) is 18.0 Å². The lowest BCUT2D eigenvalue weighted by molar-refractivity contribution is 0.520. The van der Waals surface area contributed by atoms with Crippen LogP contribution in [0.4, 0.5) is 5.69 Å². The molecule has 0 fully saturated rings. The van der Waals surface area contributed by atoms with E-state index in [-0.39, 0.29) is 0 Å². The highest BCUT2D eigenvalue weighted by atomic mass is 35.5. The molecule has 3 heteroatoms. The van der Waals surface area contributed by atoms with E-state index in [1.807, 2.05) is 6.07 Å². The smallest absolute Gasteiger partial charge is 0.0992 e. The van der Waals surface area contributed by atoms with E-state index in [9.17, 15) is 0 Å². The molecule has 1 aromatic carbocycles. The van der Waals surface area contributed by atoms with Gasteiger partial charge in [0.25, 0.3) is 0 Å². The number of anilines is 1. The summed E-state index contributed by atoms with van der Waals surface area (Å²) in [5, 5.41) is 12.8. The molecule has 1 atom stereocenters. The zero-order valence-corrected chi connectivity index (χ0v) is 12.1. The molecule has 1 aromatic rings. The van der Waals surface area contributed by atoms with Crippen molar-refractivity contribution in [2.24, 2.45) is 5.92 Å². The van der Waals surface area contributed by atoms with Gasteiger partial charge < -0.3 is 5.32 Å². The minimum atomic E-state index is 0.397. The van der Waals surface area contributed by atoms with Crippen molar-refractivity contribution in [2.75, 3.05) is 5.32 Å². The Hall–Kier alpha value is -1.20. The van der Waals surface area contributed by atoms with Crippen LogP contribution in [-0.4, -0.2) is 6.04 Å². The topological polar surface area (TPSA) is 35.8 Å². The van der Waals surface area contributed by atoms with Gasteiger partial charge in [0.15, 0.2) is 0 Å². The first-order valence-corrected chi connectivity index (χ1v) is 6.87. The van der Waals surface area contributed by atoms with Crippen LogP contribution in [0.15, 0.2) is 18.2 Å². The van der Waals surface area contributed by atoms with Gasteiger partial charge in [-0.05, 0) is 37.5 Å². The Morgan fingerprint density at radius 1 is 1.28 bits per heavy atom. The summed E-state index contributed by atoms with van der Waals surface area (Å²) in [7, 11) is 0. The van der Waals surface area contributed by atoms with Crippen LogP contribution in [0.2, 0.25) is 5.02 Å².